The van der Waals surface area contributed by atoms with Crippen LogP contribution in [0.1, 0.15) is 26.7 Å². The number of rotatable bonds is 6. The molecule has 0 amide bonds. The molecule has 20 heavy (non-hydrogen) atoms. The molecule has 1 saturated carbocycles. The molecule has 106 valence electrons. The largest absolute Gasteiger partial charge is 0.354 e. The number of nitrogens with one attached hydrogen (secondary N) is 2. The second kappa shape index (κ2) is 5.44. The van der Waals surface area contributed by atoms with Crippen molar-refractivity contribution >= 4 is 11.9 Å². The van der Waals surface area contributed by atoms with Crippen LogP contribution in [0.5, 0.6) is 0 Å². The minimum Gasteiger partial charge on any atom is -0.354 e. The molecule has 7 heteroatoms. The van der Waals surface area contributed by atoms with Crippen molar-refractivity contribution in [3.63, 3.8) is 0 Å². The Morgan fingerprint density at radius 3 is 2.75 bits per heavy atom. The van der Waals surface area contributed by atoms with Gasteiger partial charge in [0.2, 0.25) is 11.9 Å². The average molecular weight is 273 g/mol. The van der Waals surface area contributed by atoms with E-state index >= 15 is 0 Å². The van der Waals surface area contributed by atoms with E-state index in [0.717, 1.165) is 13.0 Å². The molecule has 0 bridgehead atoms. The fraction of sp³-hybridized carbons (Fsp3) is 0.538. The maximum absolute atomic E-state index is 4.43. The van der Waals surface area contributed by atoms with Crippen molar-refractivity contribution < 1.29 is 0 Å². The minimum atomic E-state index is 0.474. The third kappa shape index (κ3) is 2.87. The van der Waals surface area contributed by atoms with Crippen molar-refractivity contribution in [2.75, 3.05) is 17.2 Å². The van der Waals surface area contributed by atoms with Crippen LogP contribution in [0.15, 0.2) is 18.5 Å². The van der Waals surface area contributed by atoms with Crippen LogP contribution in [0.25, 0.3) is 5.95 Å². The Morgan fingerprint density at radius 2 is 2.10 bits per heavy atom. The van der Waals surface area contributed by atoms with Crippen LogP contribution < -0.4 is 10.6 Å². The fourth-order valence-electron chi connectivity index (χ4n) is 1.92. The highest BCUT2D eigenvalue weighted by atomic mass is 15.4. The Kier molecular flexibility index (Phi) is 3.49. The van der Waals surface area contributed by atoms with Crippen LogP contribution in [-0.2, 0) is 0 Å². The second-order valence-electron chi connectivity index (χ2n) is 5.12. The fourth-order valence-corrected chi connectivity index (χ4v) is 1.92. The second-order valence-corrected chi connectivity index (χ2v) is 5.12. The van der Waals surface area contributed by atoms with Crippen molar-refractivity contribution in [2.45, 2.75) is 32.7 Å². The van der Waals surface area contributed by atoms with Crippen molar-refractivity contribution in [3.05, 3.63) is 18.5 Å². The van der Waals surface area contributed by atoms with Gasteiger partial charge in [-0.05, 0) is 24.8 Å². The van der Waals surface area contributed by atoms with Crippen LogP contribution in [-0.4, -0.2) is 37.3 Å². The van der Waals surface area contributed by atoms with E-state index in [2.05, 4.69) is 44.5 Å². The molecule has 0 aromatic carbocycles. The van der Waals surface area contributed by atoms with Gasteiger partial charge in [-0.3, -0.25) is 0 Å². The summed E-state index contributed by atoms with van der Waals surface area (Å²) in [6.07, 6.45) is 5.72. The van der Waals surface area contributed by atoms with E-state index in [1.807, 2.05) is 12.3 Å². The van der Waals surface area contributed by atoms with Crippen LogP contribution in [0.3, 0.4) is 0 Å². The van der Waals surface area contributed by atoms with Gasteiger partial charge in [0.25, 0.3) is 5.95 Å². The Hall–Kier alpha value is -2.18. The lowest BCUT2D eigenvalue weighted by atomic mass is 10.5. The van der Waals surface area contributed by atoms with Gasteiger partial charge in [0.05, 0.1) is 0 Å². The predicted molar refractivity (Wildman–Crippen MR) is 76.9 cm³/mol. The van der Waals surface area contributed by atoms with E-state index < -0.39 is 0 Å². The van der Waals surface area contributed by atoms with Gasteiger partial charge in [0.15, 0.2) is 0 Å². The zero-order valence-electron chi connectivity index (χ0n) is 11.7. The molecular formula is C13H19N7. The summed E-state index contributed by atoms with van der Waals surface area (Å²) in [5, 5.41) is 10.7. The summed E-state index contributed by atoms with van der Waals surface area (Å²) >= 11 is 0. The maximum atomic E-state index is 4.43. The van der Waals surface area contributed by atoms with E-state index in [1.54, 1.807) is 10.9 Å². The minimum absolute atomic E-state index is 0.474. The smallest absolute Gasteiger partial charge is 0.257 e. The highest BCUT2D eigenvalue weighted by Gasteiger charge is 2.33. The zero-order valence-corrected chi connectivity index (χ0v) is 11.7. The van der Waals surface area contributed by atoms with Crippen LogP contribution in [0.2, 0.25) is 0 Å². The number of aromatic nitrogens is 5. The van der Waals surface area contributed by atoms with Gasteiger partial charge in [-0.2, -0.15) is 20.1 Å². The molecule has 0 radical (unpaired) electrons. The normalized spacial score (nSPS) is 20.7. The molecule has 2 unspecified atom stereocenters. The lowest BCUT2D eigenvalue weighted by Gasteiger charge is -2.09. The quantitative estimate of drug-likeness (QED) is 0.834. The number of hydrogen-bond acceptors (Lipinski definition) is 6. The number of nitrogens with zero attached hydrogens (tertiary/aromatic N) is 5. The first-order valence-corrected chi connectivity index (χ1v) is 7.02. The molecule has 2 aromatic rings. The van der Waals surface area contributed by atoms with Gasteiger partial charge in [-0.25, -0.2) is 4.68 Å². The Morgan fingerprint density at radius 1 is 1.30 bits per heavy atom. The van der Waals surface area contributed by atoms with Gasteiger partial charge in [-0.1, -0.05) is 13.8 Å². The van der Waals surface area contributed by atoms with E-state index in [-0.39, 0.29) is 0 Å². The zero-order chi connectivity index (χ0) is 13.9. The van der Waals surface area contributed by atoms with Gasteiger partial charge in [0.1, 0.15) is 0 Å². The van der Waals surface area contributed by atoms with E-state index in [9.17, 15) is 0 Å². The van der Waals surface area contributed by atoms with E-state index in [4.69, 9.17) is 0 Å². The third-order valence-corrected chi connectivity index (χ3v) is 3.29. The number of anilines is 2. The monoisotopic (exact) mass is 273 g/mol. The summed E-state index contributed by atoms with van der Waals surface area (Å²) in [5.41, 5.74) is 0. The predicted octanol–water partition coefficient (Wildman–Crippen LogP) is 1.70. The van der Waals surface area contributed by atoms with Gasteiger partial charge in [0, 0.05) is 25.0 Å². The molecule has 2 N–H and O–H groups in total. The SMILES string of the molecule is CCCNc1nc(NC2CC2C)nc(-n2cccn2)n1. The van der Waals surface area contributed by atoms with Gasteiger partial charge in [-0.15, -0.1) is 0 Å². The molecule has 2 heterocycles. The van der Waals surface area contributed by atoms with Crippen molar-refractivity contribution in [2.24, 2.45) is 5.92 Å². The van der Waals surface area contributed by atoms with Gasteiger partial charge >= 0.3 is 0 Å². The maximum Gasteiger partial charge on any atom is 0.257 e. The molecule has 0 aliphatic heterocycles. The highest BCUT2D eigenvalue weighted by molar-refractivity contribution is 5.39. The van der Waals surface area contributed by atoms with Crippen LogP contribution >= 0.6 is 0 Å². The average Bonchev–Trinajstić information content (AvgIpc) is 2.96. The summed E-state index contributed by atoms with van der Waals surface area (Å²) in [4.78, 5) is 13.2. The topological polar surface area (TPSA) is 80.5 Å². The summed E-state index contributed by atoms with van der Waals surface area (Å²) in [6, 6.07) is 2.32. The van der Waals surface area contributed by atoms with Crippen molar-refractivity contribution in [1.82, 2.24) is 24.7 Å². The van der Waals surface area contributed by atoms with Crippen LogP contribution in [0.4, 0.5) is 11.9 Å². The first-order chi connectivity index (χ1) is 9.76. The molecule has 1 aliphatic carbocycles. The van der Waals surface area contributed by atoms with Crippen LogP contribution in [0, 0.1) is 5.92 Å². The first-order valence-electron chi connectivity index (χ1n) is 7.02. The standard InChI is InChI=1S/C13H19N7/c1-3-5-14-11-17-12(16-10-8-9(10)2)19-13(18-11)20-7-4-6-15-20/h4,6-7,9-10H,3,5,8H2,1-2H3,(H2,14,16,17,18,19). The molecule has 7 nitrogen and oxygen atoms in total. The third-order valence-electron chi connectivity index (χ3n) is 3.29. The van der Waals surface area contributed by atoms with Gasteiger partial charge < -0.3 is 10.6 Å². The Labute approximate surface area is 117 Å². The summed E-state index contributed by atoms with van der Waals surface area (Å²) in [6.45, 7) is 5.15. The summed E-state index contributed by atoms with van der Waals surface area (Å²) < 4.78 is 1.64. The molecular weight excluding hydrogens is 254 g/mol. The summed E-state index contributed by atoms with van der Waals surface area (Å²) in [5.74, 6) is 2.41. The molecule has 1 aliphatic rings. The molecule has 3 rings (SSSR count). The molecule has 1 fully saturated rings. The molecule has 2 aromatic heterocycles. The lowest BCUT2D eigenvalue weighted by Crippen LogP contribution is -2.14. The summed E-state index contributed by atoms with van der Waals surface area (Å²) in [7, 11) is 0. The lowest BCUT2D eigenvalue weighted by molar-refractivity contribution is 0.790. The molecule has 0 saturated heterocycles. The van der Waals surface area contributed by atoms with Crippen molar-refractivity contribution in [3.8, 4) is 5.95 Å². The number of hydrogen-bond donors (Lipinski definition) is 2. The van der Waals surface area contributed by atoms with E-state index in [0.29, 0.717) is 29.8 Å². The molecule has 2 atom stereocenters. The Bertz CT molecular complexity index is 566. The molecule has 0 spiro atoms. The van der Waals surface area contributed by atoms with E-state index in [1.165, 1.54) is 6.42 Å². The first kappa shape index (κ1) is 12.8. The van der Waals surface area contributed by atoms with Crippen molar-refractivity contribution in [1.29, 1.82) is 0 Å². The highest BCUT2D eigenvalue weighted by Crippen LogP contribution is 2.31. The Balaban J connectivity index is 1.86.